The summed E-state index contributed by atoms with van der Waals surface area (Å²) in [6.07, 6.45) is -0.447. The van der Waals surface area contributed by atoms with Crippen LogP contribution in [0.2, 0.25) is 0 Å². The molecule has 0 aromatic rings. The molecule has 0 aromatic carbocycles. The summed E-state index contributed by atoms with van der Waals surface area (Å²) < 4.78 is 4.65. The summed E-state index contributed by atoms with van der Waals surface area (Å²) in [6.45, 7) is 4.16. The topological polar surface area (TPSA) is 29.5 Å². The van der Waals surface area contributed by atoms with Crippen LogP contribution in [0.4, 0.5) is 4.79 Å². The molecule has 1 radical (unpaired) electrons. The molecule has 1 amide bonds. The van der Waals surface area contributed by atoms with Crippen LogP contribution in [0.1, 0.15) is 0 Å². The molecule has 1 unspecified atom stereocenters. The van der Waals surface area contributed by atoms with Crippen molar-refractivity contribution in [3.63, 3.8) is 0 Å². The van der Waals surface area contributed by atoms with Gasteiger partial charge in [-0.05, 0) is 6.10 Å². The van der Waals surface area contributed by atoms with Crippen molar-refractivity contribution in [3.05, 3.63) is 6.92 Å². The Balaban J connectivity index is 0.000000640. The zero-order valence-corrected chi connectivity index (χ0v) is 8.17. The number of hydrogen-bond acceptors (Lipinski definition) is 2. The van der Waals surface area contributed by atoms with Gasteiger partial charge in [0, 0.05) is 46.3 Å². The van der Waals surface area contributed by atoms with Gasteiger partial charge in [0.05, 0.1) is 0 Å². The second-order valence-corrected chi connectivity index (χ2v) is 1.89. The molecule has 49 valence electrons. The molecular formula is C5H8NO2Y-. The van der Waals surface area contributed by atoms with Crippen LogP contribution in [-0.4, -0.2) is 30.7 Å². The van der Waals surface area contributed by atoms with Gasteiger partial charge in [0.25, 0.3) is 0 Å². The van der Waals surface area contributed by atoms with E-state index in [1.54, 1.807) is 7.05 Å². The van der Waals surface area contributed by atoms with Crippen molar-refractivity contribution in [1.82, 2.24) is 4.90 Å². The number of nitrogens with zero attached hydrogens (tertiary/aromatic N) is 1. The second-order valence-electron chi connectivity index (χ2n) is 1.89. The predicted octanol–water partition coefficient (Wildman–Crippen LogP) is 0.269. The van der Waals surface area contributed by atoms with E-state index in [1.165, 1.54) is 4.90 Å². The molecule has 0 aliphatic carbocycles. The van der Waals surface area contributed by atoms with Crippen molar-refractivity contribution in [2.45, 2.75) is 6.10 Å². The molecule has 0 bridgehead atoms. The Bertz CT molecular complexity index is 118. The van der Waals surface area contributed by atoms with E-state index in [4.69, 9.17) is 0 Å². The largest absolute Gasteiger partial charge is 0.477 e. The quantitative estimate of drug-likeness (QED) is 0.529. The normalized spacial score (nSPS) is 25.3. The monoisotopic (exact) mass is 203 g/mol. The van der Waals surface area contributed by atoms with E-state index in [-0.39, 0.29) is 44.9 Å². The summed E-state index contributed by atoms with van der Waals surface area (Å²) in [5, 5.41) is 0. The third-order valence-corrected chi connectivity index (χ3v) is 1.06. The molecule has 0 spiro atoms. The standard InChI is InChI=1S/C5H8NO2.Y/c1-4-3-6(2)5(7)8-4;/h4H,1,3H2,2H3;/q-1;. The van der Waals surface area contributed by atoms with Crippen molar-refractivity contribution in [1.29, 1.82) is 0 Å². The van der Waals surface area contributed by atoms with Crippen LogP contribution < -0.4 is 0 Å². The van der Waals surface area contributed by atoms with Gasteiger partial charge in [0.1, 0.15) is 0 Å². The SMILES string of the molecule is [CH2-]C1CN(C)C(=O)O1.[Y]. The number of carbonyl (C=O) groups excluding carboxylic acids is 1. The molecule has 1 aliphatic rings. The molecule has 1 heterocycles. The molecule has 0 aromatic heterocycles. The van der Waals surface area contributed by atoms with Gasteiger partial charge in [-0.2, -0.15) is 0 Å². The fourth-order valence-corrected chi connectivity index (χ4v) is 0.650. The van der Waals surface area contributed by atoms with E-state index in [0.29, 0.717) is 6.54 Å². The van der Waals surface area contributed by atoms with Crippen LogP contribution in [0.25, 0.3) is 0 Å². The number of rotatable bonds is 0. The van der Waals surface area contributed by atoms with Gasteiger partial charge in [-0.1, -0.05) is 0 Å². The first-order valence-corrected chi connectivity index (χ1v) is 2.45. The van der Waals surface area contributed by atoms with Crippen molar-refractivity contribution >= 4 is 6.09 Å². The van der Waals surface area contributed by atoms with Crippen molar-refractivity contribution < 1.29 is 42.2 Å². The Kier molecular flexibility index (Phi) is 3.67. The molecule has 0 saturated carbocycles. The summed E-state index contributed by atoms with van der Waals surface area (Å²) in [4.78, 5) is 11.9. The molecule has 4 heteroatoms. The Hall–Kier alpha value is 0.374. The Morgan fingerprint density at radius 3 is 2.56 bits per heavy atom. The number of ether oxygens (including phenoxy) is 1. The Morgan fingerprint density at radius 1 is 1.89 bits per heavy atom. The van der Waals surface area contributed by atoms with E-state index in [9.17, 15) is 4.79 Å². The number of hydrogen-bond donors (Lipinski definition) is 0. The van der Waals surface area contributed by atoms with Crippen molar-refractivity contribution in [3.8, 4) is 0 Å². The maximum absolute atomic E-state index is 10.4. The van der Waals surface area contributed by atoms with Gasteiger partial charge in [0.2, 0.25) is 0 Å². The summed E-state index contributed by atoms with van der Waals surface area (Å²) in [5.74, 6) is 0. The van der Waals surface area contributed by atoms with E-state index >= 15 is 0 Å². The average Bonchev–Trinajstić information content (AvgIpc) is 1.85. The van der Waals surface area contributed by atoms with Crippen LogP contribution >= 0.6 is 0 Å². The average molecular weight is 203 g/mol. The number of carbonyl (C=O) groups is 1. The van der Waals surface area contributed by atoms with E-state index < -0.39 is 0 Å². The number of amides is 1. The Morgan fingerprint density at radius 2 is 2.44 bits per heavy atom. The van der Waals surface area contributed by atoms with Gasteiger partial charge < -0.3 is 16.6 Å². The third-order valence-electron chi connectivity index (χ3n) is 1.06. The minimum absolute atomic E-state index is 0. The molecule has 3 nitrogen and oxygen atoms in total. The fourth-order valence-electron chi connectivity index (χ4n) is 0.650. The molecule has 0 N–H and O–H groups in total. The van der Waals surface area contributed by atoms with Crippen molar-refractivity contribution in [2.75, 3.05) is 13.6 Å². The van der Waals surface area contributed by atoms with E-state index in [1.807, 2.05) is 0 Å². The molecule has 1 aliphatic heterocycles. The maximum Gasteiger partial charge on any atom is 0.407 e. The van der Waals surface area contributed by atoms with Gasteiger partial charge in [-0.25, -0.2) is 4.79 Å². The second kappa shape index (κ2) is 3.52. The molecule has 1 fully saturated rings. The smallest absolute Gasteiger partial charge is 0.407 e. The van der Waals surface area contributed by atoms with Crippen LogP contribution in [0.15, 0.2) is 0 Å². The zero-order valence-electron chi connectivity index (χ0n) is 5.33. The third kappa shape index (κ3) is 2.22. The van der Waals surface area contributed by atoms with Gasteiger partial charge in [0.15, 0.2) is 0 Å². The van der Waals surface area contributed by atoms with E-state index in [0.717, 1.165) is 0 Å². The van der Waals surface area contributed by atoms with Crippen LogP contribution in [0.3, 0.4) is 0 Å². The summed E-state index contributed by atoms with van der Waals surface area (Å²) in [6, 6.07) is 0. The molecular weight excluding hydrogens is 195 g/mol. The number of cyclic esters (lactones) is 1. The van der Waals surface area contributed by atoms with E-state index in [2.05, 4.69) is 11.7 Å². The maximum atomic E-state index is 10.4. The summed E-state index contributed by atoms with van der Waals surface area (Å²) in [7, 11) is 1.69. The van der Waals surface area contributed by atoms with Gasteiger partial charge >= 0.3 is 6.09 Å². The minimum Gasteiger partial charge on any atom is -0.477 e. The predicted molar refractivity (Wildman–Crippen MR) is 28.3 cm³/mol. The molecule has 1 rings (SSSR count). The summed E-state index contributed by atoms with van der Waals surface area (Å²) >= 11 is 0. The molecule has 1 saturated heterocycles. The van der Waals surface area contributed by atoms with Gasteiger partial charge in [-0.3, -0.25) is 0 Å². The molecule has 9 heavy (non-hydrogen) atoms. The first kappa shape index (κ1) is 9.37. The first-order chi connectivity index (χ1) is 3.70. The van der Waals surface area contributed by atoms with Crippen LogP contribution in [0.5, 0.6) is 0 Å². The van der Waals surface area contributed by atoms with Crippen LogP contribution in [-0.2, 0) is 37.4 Å². The fraction of sp³-hybridized carbons (Fsp3) is 0.600. The summed E-state index contributed by atoms with van der Waals surface area (Å²) in [5.41, 5.74) is 0. The van der Waals surface area contributed by atoms with Crippen LogP contribution in [0, 0.1) is 6.92 Å². The minimum atomic E-state index is -0.273. The zero-order chi connectivity index (χ0) is 6.15. The van der Waals surface area contributed by atoms with Gasteiger partial charge in [-0.15, -0.1) is 0 Å². The number of likely N-dealkylation sites (N-methyl/N-ethyl adjacent to an activating group) is 1. The molecule has 1 atom stereocenters. The first-order valence-electron chi connectivity index (χ1n) is 2.45. The van der Waals surface area contributed by atoms with Crippen molar-refractivity contribution in [2.24, 2.45) is 0 Å². The Labute approximate surface area is 79.6 Å².